The lowest BCUT2D eigenvalue weighted by molar-refractivity contribution is 0.527. The Bertz CT molecular complexity index is 607. The van der Waals surface area contributed by atoms with Crippen LogP contribution in [0.2, 0.25) is 0 Å². The number of unbranched alkanes of at least 4 members (excludes halogenated alkanes) is 32. The Morgan fingerprint density at radius 3 is 0.727 bits per heavy atom. The molecule has 0 nitrogen and oxygen atoms in total. The summed E-state index contributed by atoms with van der Waals surface area (Å²) in [6, 6.07) is 10.4. The summed E-state index contributed by atoms with van der Waals surface area (Å²) >= 11 is 0. The van der Waals surface area contributed by atoms with Crippen molar-refractivity contribution in [3.8, 4) is 0 Å². The minimum atomic E-state index is 1.25. The lowest BCUT2D eigenvalue weighted by Crippen LogP contribution is -1.91. The predicted octanol–water partition coefficient (Wildman–Crippen LogP) is 15.9. The SMILES string of the molecule is CCCCCCCCCCCCCCCCCCCc1c[c]cc(CCCCCCCCCCCCCCCCCCC)c1. The average molecular weight is 610 g/mol. The van der Waals surface area contributed by atoms with E-state index < -0.39 is 0 Å². The summed E-state index contributed by atoms with van der Waals surface area (Å²) in [5.74, 6) is 0. The van der Waals surface area contributed by atoms with E-state index in [1.54, 1.807) is 0 Å². The molecule has 0 unspecified atom stereocenters. The standard InChI is InChI=1S/C44H81/c1-3-5-7-9-11-13-15-17-19-21-23-25-27-29-31-33-35-38-43-40-37-41-44(42-43)39-36-34-32-30-28-26-24-22-20-18-16-14-12-10-8-6-4-2/h40-42H,3-36,38-39H2,1-2H3. The maximum absolute atomic E-state index is 3.44. The van der Waals surface area contributed by atoms with Gasteiger partial charge in [-0.25, -0.2) is 0 Å². The Morgan fingerprint density at radius 2 is 0.500 bits per heavy atom. The van der Waals surface area contributed by atoms with Gasteiger partial charge in [-0.2, -0.15) is 0 Å². The molecule has 0 saturated heterocycles. The molecular formula is C44H81. The fraction of sp³-hybridized carbons (Fsp3) is 0.864. The molecule has 1 aromatic carbocycles. The second-order valence-electron chi connectivity index (χ2n) is 14.6. The van der Waals surface area contributed by atoms with Gasteiger partial charge in [0.05, 0.1) is 0 Å². The van der Waals surface area contributed by atoms with Crippen molar-refractivity contribution in [2.75, 3.05) is 0 Å². The third-order valence-electron chi connectivity index (χ3n) is 10.0. The molecule has 0 atom stereocenters. The molecule has 257 valence electrons. The number of benzene rings is 1. The zero-order valence-electron chi connectivity index (χ0n) is 30.7. The van der Waals surface area contributed by atoms with Gasteiger partial charge in [0.2, 0.25) is 0 Å². The van der Waals surface area contributed by atoms with Crippen LogP contribution in [0.4, 0.5) is 0 Å². The Balaban J connectivity index is 1.83. The van der Waals surface area contributed by atoms with Gasteiger partial charge in [-0.15, -0.1) is 0 Å². The molecule has 0 N–H and O–H groups in total. The van der Waals surface area contributed by atoms with Crippen LogP contribution in [0, 0.1) is 6.07 Å². The Kier molecular flexibility index (Phi) is 32.9. The minimum absolute atomic E-state index is 1.25. The highest BCUT2D eigenvalue weighted by Crippen LogP contribution is 2.17. The molecule has 1 aromatic rings. The highest BCUT2D eigenvalue weighted by molar-refractivity contribution is 5.22. The molecule has 0 aliphatic rings. The van der Waals surface area contributed by atoms with Gasteiger partial charge >= 0.3 is 0 Å². The van der Waals surface area contributed by atoms with E-state index in [-0.39, 0.29) is 0 Å². The molecule has 1 radical (unpaired) electrons. The second kappa shape index (κ2) is 35.1. The Labute approximate surface area is 279 Å². The van der Waals surface area contributed by atoms with Gasteiger partial charge < -0.3 is 0 Å². The lowest BCUT2D eigenvalue weighted by Gasteiger charge is -2.07. The highest BCUT2D eigenvalue weighted by Gasteiger charge is 2.00. The van der Waals surface area contributed by atoms with Crippen molar-refractivity contribution in [2.45, 2.75) is 245 Å². The third-order valence-corrected chi connectivity index (χ3v) is 10.0. The molecule has 0 spiro atoms. The number of hydrogen-bond donors (Lipinski definition) is 0. The predicted molar refractivity (Wildman–Crippen MR) is 201 cm³/mol. The van der Waals surface area contributed by atoms with Gasteiger partial charge in [0.25, 0.3) is 0 Å². The molecule has 0 aliphatic heterocycles. The molecule has 0 heterocycles. The van der Waals surface area contributed by atoms with Crippen LogP contribution in [0.1, 0.15) is 243 Å². The zero-order valence-corrected chi connectivity index (χ0v) is 30.7. The van der Waals surface area contributed by atoms with Crippen LogP contribution < -0.4 is 0 Å². The number of rotatable bonds is 36. The van der Waals surface area contributed by atoms with E-state index >= 15 is 0 Å². The van der Waals surface area contributed by atoms with Crippen LogP contribution in [0.3, 0.4) is 0 Å². The van der Waals surface area contributed by atoms with E-state index in [2.05, 4.69) is 38.1 Å². The molecule has 0 amide bonds. The van der Waals surface area contributed by atoms with Crippen LogP contribution in [0.25, 0.3) is 0 Å². The average Bonchev–Trinajstić information content (AvgIpc) is 3.04. The largest absolute Gasteiger partial charge is 0.0654 e. The molecule has 44 heavy (non-hydrogen) atoms. The summed E-state index contributed by atoms with van der Waals surface area (Å²) in [7, 11) is 0. The van der Waals surface area contributed by atoms with Crippen molar-refractivity contribution in [3.05, 3.63) is 35.4 Å². The summed E-state index contributed by atoms with van der Waals surface area (Å²) in [6.07, 6.45) is 51.8. The smallest absolute Gasteiger partial charge is 0.0178 e. The first-order valence-corrected chi connectivity index (χ1v) is 20.9. The van der Waals surface area contributed by atoms with Crippen molar-refractivity contribution >= 4 is 0 Å². The van der Waals surface area contributed by atoms with Gasteiger partial charge in [0, 0.05) is 0 Å². The van der Waals surface area contributed by atoms with E-state index in [9.17, 15) is 0 Å². The maximum Gasteiger partial charge on any atom is -0.0178 e. The van der Waals surface area contributed by atoms with E-state index in [0.29, 0.717) is 0 Å². The first kappa shape index (κ1) is 41.2. The molecule has 0 aromatic heterocycles. The van der Waals surface area contributed by atoms with Crippen molar-refractivity contribution in [3.63, 3.8) is 0 Å². The Morgan fingerprint density at radius 1 is 0.295 bits per heavy atom. The van der Waals surface area contributed by atoms with E-state index in [1.807, 2.05) is 0 Å². The topological polar surface area (TPSA) is 0 Å². The van der Waals surface area contributed by atoms with Crippen molar-refractivity contribution < 1.29 is 0 Å². The summed E-state index contributed by atoms with van der Waals surface area (Å²) in [5, 5.41) is 0. The molecule has 0 aliphatic carbocycles. The molecule has 1 rings (SSSR count). The van der Waals surface area contributed by atoms with Crippen molar-refractivity contribution in [2.24, 2.45) is 0 Å². The molecular weight excluding hydrogens is 528 g/mol. The van der Waals surface area contributed by atoms with E-state index in [1.165, 1.54) is 242 Å². The van der Waals surface area contributed by atoms with Gasteiger partial charge in [-0.3, -0.25) is 0 Å². The van der Waals surface area contributed by atoms with Gasteiger partial charge in [0.15, 0.2) is 0 Å². The molecule has 0 bridgehead atoms. The first-order chi connectivity index (χ1) is 21.9. The summed E-state index contributed by atoms with van der Waals surface area (Å²) < 4.78 is 0. The minimum Gasteiger partial charge on any atom is -0.0654 e. The second-order valence-corrected chi connectivity index (χ2v) is 14.6. The van der Waals surface area contributed by atoms with Gasteiger partial charge in [-0.1, -0.05) is 238 Å². The highest BCUT2D eigenvalue weighted by atomic mass is 14.1. The molecule has 0 fully saturated rings. The van der Waals surface area contributed by atoms with E-state index in [0.717, 1.165) is 0 Å². The summed E-state index contributed by atoms with van der Waals surface area (Å²) in [5.41, 5.74) is 3.05. The normalized spacial score (nSPS) is 11.5. The van der Waals surface area contributed by atoms with E-state index in [4.69, 9.17) is 0 Å². The number of hydrogen-bond acceptors (Lipinski definition) is 0. The molecule has 0 saturated carbocycles. The quantitative estimate of drug-likeness (QED) is 0.0664. The van der Waals surface area contributed by atoms with Gasteiger partial charge in [-0.05, 0) is 42.9 Å². The maximum atomic E-state index is 3.44. The van der Waals surface area contributed by atoms with Gasteiger partial charge in [0.1, 0.15) is 0 Å². The monoisotopic (exact) mass is 610 g/mol. The van der Waals surface area contributed by atoms with Crippen LogP contribution >= 0.6 is 0 Å². The first-order valence-electron chi connectivity index (χ1n) is 20.9. The fourth-order valence-electron chi connectivity index (χ4n) is 6.97. The fourth-order valence-corrected chi connectivity index (χ4v) is 6.97. The van der Waals surface area contributed by atoms with Crippen LogP contribution in [-0.2, 0) is 12.8 Å². The van der Waals surface area contributed by atoms with Crippen LogP contribution in [0.5, 0.6) is 0 Å². The van der Waals surface area contributed by atoms with Crippen molar-refractivity contribution in [1.29, 1.82) is 0 Å². The van der Waals surface area contributed by atoms with Crippen molar-refractivity contribution in [1.82, 2.24) is 0 Å². The zero-order chi connectivity index (χ0) is 31.4. The lowest BCUT2D eigenvalue weighted by atomic mass is 9.99. The third kappa shape index (κ3) is 29.9. The summed E-state index contributed by atoms with van der Waals surface area (Å²) in [4.78, 5) is 0. The van der Waals surface area contributed by atoms with Crippen LogP contribution in [-0.4, -0.2) is 0 Å². The molecule has 0 heteroatoms. The number of aryl methyl sites for hydroxylation is 2. The summed E-state index contributed by atoms with van der Waals surface area (Å²) in [6.45, 7) is 4.61. The Hall–Kier alpha value is -0.780. The van der Waals surface area contributed by atoms with Crippen LogP contribution in [0.15, 0.2) is 18.2 Å².